The smallest absolute Gasteiger partial charge is 0.399 e. The van der Waals surface area contributed by atoms with Crippen LogP contribution in [-0.2, 0) is 47.2 Å². The fraction of sp³-hybridized carbons (Fsp3) is 0.431. The largest absolute Gasteiger partial charge is 0.493 e. The van der Waals surface area contributed by atoms with Crippen LogP contribution in [0.25, 0.3) is 10.1 Å². The fourth-order valence-electron chi connectivity index (χ4n) is 9.44. The van der Waals surface area contributed by atoms with Crippen molar-refractivity contribution in [3.8, 4) is 17.6 Å². The van der Waals surface area contributed by atoms with E-state index in [-0.39, 0.29) is 66.9 Å². The Kier molecular flexibility index (Phi) is 15.0. The molecule has 0 aliphatic carbocycles. The van der Waals surface area contributed by atoms with Gasteiger partial charge in [-0.25, -0.2) is 0 Å². The zero-order valence-electron chi connectivity index (χ0n) is 39.9. The maximum absolute atomic E-state index is 14.8. The first-order valence-corrected chi connectivity index (χ1v) is 26.2. The molecule has 0 saturated carbocycles. The predicted octanol–water partition coefficient (Wildman–Crippen LogP) is 5.72. The number of carbonyl (C=O) groups excluding carboxylic acids is 7. The van der Waals surface area contributed by atoms with Crippen LogP contribution in [0.5, 0.6) is 5.75 Å². The molecule has 2 unspecified atom stereocenters. The summed E-state index contributed by atoms with van der Waals surface area (Å²) in [5.41, 5.74) is -2.94. The summed E-state index contributed by atoms with van der Waals surface area (Å²) in [7, 11) is -5.84. The van der Waals surface area contributed by atoms with Crippen molar-refractivity contribution in [2.75, 3.05) is 31.1 Å². The fourth-order valence-corrected chi connectivity index (χ4v) is 10.9. The van der Waals surface area contributed by atoms with Crippen LogP contribution in [0.3, 0.4) is 0 Å². The number of hydrogen-bond acceptors (Lipinski definition) is 10. The van der Waals surface area contributed by atoms with E-state index in [0.29, 0.717) is 71.7 Å². The second-order valence-corrected chi connectivity index (χ2v) is 22.1. The van der Waals surface area contributed by atoms with Gasteiger partial charge in [0.05, 0.1) is 11.5 Å². The number of imide groups is 1. The number of fused-ring (bicyclic) bond motifs is 3. The van der Waals surface area contributed by atoms with Gasteiger partial charge in [0.2, 0.25) is 29.5 Å². The Labute approximate surface area is 418 Å². The van der Waals surface area contributed by atoms with Crippen LogP contribution in [-0.4, -0.2) is 105 Å². The highest BCUT2D eigenvalue weighted by atomic mass is 32.1. The lowest BCUT2D eigenvalue weighted by atomic mass is 9.85. The van der Waals surface area contributed by atoms with Crippen LogP contribution in [0, 0.1) is 17.3 Å². The third-order valence-corrected chi connectivity index (χ3v) is 15.4. The normalized spacial score (nSPS) is 18.3. The van der Waals surface area contributed by atoms with Gasteiger partial charge in [-0.05, 0) is 109 Å². The SMILES string of the molecule is CC(C)(C)C(NC(=O)c1cc2cc(C(F)(F)P(=O)(O)O)ccc2s1)C(=O)N1CCC[C@H]1C(=O)N(CCC(=O)NCCCC#Cc1cccc2c1CN(C1CCC(=O)NC1=O)C2=O)c1ccc2c(c1)CCCO2. The third-order valence-electron chi connectivity index (χ3n) is 13.3. The molecule has 380 valence electrons. The van der Waals surface area contributed by atoms with Crippen molar-refractivity contribution in [2.45, 2.75) is 109 Å². The molecule has 2 saturated heterocycles. The third kappa shape index (κ3) is 10.9. The number of halogens is 2. The summed E-state index contributed by atoms with van der Waals surface area (Å²) in [6.07, 6.45) is 3.60. The first-order valence-electron chi connectivity index (χ1n) is 23.8. The Balaban J connectivity index is 0.911. The maximum atomic E-state index is 14.8. The van der Waals surface area contributed by atoms with Gasteiger partial charge < -0.3 is 39.9 Å². The van der Waals surface area contributed by atoms with Crippen molar-refractivity contribution < 1.29 is 61.4 Å². The van der Waals surface area contributed by atoms with Crippen molar-refractivity contribution in [3.63, 3.8) is 0 Å². The molecule has 0 bridgehead atoms. The molecule has 1 aromatic heterocycles. The number of aryl methyl sites for hydroxylation is 1. The van der Waals surface area contributed by atoms with Gasteiger partial charge in [0.1, 0.15) is 23.9 Å². The van der Waals surface area contributed by atoms with Crippen molar-refractivity contribution >= 4 is 76.1 Å². The quantitative estimate of drug-likeness (QED) is 0.0444. The first-order chi connectivity index (χ1) is 34.1. The summed E-state index contributed by atoms with van der Waals surface area (Å²) in [6.45, 7) is 6.55. The molecular weight excluding hydrogens is 974 g/mol. The van der Waals surface area contributed by atoms with E-state index in [1.807, 2.05) is 12.1 Å². The molecule has 21 heteroatoms. The summed E-state index contributed by atoms with van der Waals surface area (Å²) in [5, 5.41) is 8.19. The number of likely N-dealkylation sites (tertiary alicyclic amines) is 1. The number of benzene rings is 3. The molecule has 72 heavy (non-hydrogen) atoms. The van der Waals surface area contributed by atoms with Gasteiger partial charge in [-0.2, -0.15) is 8.78 Å². The Morgan fingerprint density at radius 2 is 1.81 bits per heavy atom. The molecule has 3 atom stereocenters. The number of thiophene rings is 1. The van der Waals surface area contributed by atoms with Crippen LogP contribution >= 0.6 is 18.9 Å². The van der Waals surface area contributed by atoms with Gasteiger partial charge in [-0.1, -0.05) is 44.7 Å². The van der Waals surface area contributed by atoms with Gasteiger partial charge in [0.15, 0.2) is 0 Å². The molecule has 5 heterocycles. The van der Waals surface area contributed by atoms with E-state index < -0.39 is 66.0 Å². The Bertz CT molecular complexity index is 2980. The predicted molar refractivity (Wildman–Crippen MR) is 262 cm³/mol. The first kappa shape index (κ1) is 51.8. The monoisotopic (exact) mass is 1030 g/mol. The molecule has 4 aromatic rings. The number of piperidine rings is 1. The Morgan fingerprint density at radius 1 is 1.01 bits per heavy atom. The van der Waals surface area contributed by atoms with Gasteiger partial charge in [0, 0.05) is 72.5 Å². The summed E-state index contributed by atoms with van der Waals surface area (Å²) < 4.78 is 46.8. The number of anilines is 1. The average Bonchev–Trinajstić information content (AvgIpc) is 4.09. The van der Waals surface area contributed by atoms with Crippen molar-refractivity contribution in [1.29, 1.82) is 0 Å². The maximum Gasteiger partial charge on any atom is 0.399 e. The lowest BCUT2D eigenvalue weighted by Crippen LogP contribution is -2.58. The minimum Gasteiger partial charge on any atom is -0.493 e. The minimum absolute atomic E-state index is 0.0104. The van der Waals surface area contributed by atoms with E-state index in [2.05, 4.69) is 27.8 Å². The highest BCUT2D eigenvalue weighted by Gasteiger charge is 2.50. The van der Waals surface area contributed by atoms with Crippen LogP contribution < -0.4 is 25.6 Å². The number of alkyl halides is 2. The van der Waals surface area contributed by atoms with E-state index in [4.69, 9.17) is 4.74 Å². The van der Waals surface area contributed by atoms with Gasteiger partial charge in [0.25, 0.3) is 11.8 Å². The van der Waals surface area contributed by atoms with Crippen LogP contribution in [0.1, 0.15) is 114 Å². The standard InChI is InChI=1S/C51H55F2N6O11PS/c1-50(2,3)44(56-46(63)41-28-32-26-33(15-19-40(32)72-41)51(52,53)71(67,68)69)49(66)58-23-8-14-38(58)48(65)57(34-16-18-39-31(27-34)12-9-25-70-39)24-21-42(60)54-22-6-4-5-10-30-11-7-13-35-36(30)29-59(47(35)64)37-17-20-43(61)55-45(37)62/h7,11,13,15-16,18-19,26-28,37-38,44H,4,6,8-9,12,14,17,20-25,29H2,1-3H3,(H,54,60)(H,56,63)(H,55,61,62)(H2,67,68,69)/t37?,38-,44?/m0/s1. The summed E-state index contributed by atoms with van der Waals surface area (Å²) >= 11 is 0.957. The molecule has 5 N–H and O–H groups in total. The Hall–Kier alpha value is -6.52. The lowest BCUT2D eigenvalue weighted by molar-refractivity contribution is -0.141. The van der Waals surface area contributed by atoms with Crippen molar-refractivity contribution in [3.05, 3.63) is 93.4 Å². The van der Waals surface area contributed by atoms with Crippen LogP contribution in [0.15, 0.2) is 60.7 Å². The number of nitrogens with zero attached hydrogens (tertiary/aromatic N) is 3. The molecule has 4 aliphatic heterocycles. The number of carbonyl (C=O) groups is 7. The number of nitrogens with one attached hydrogen (secondary N) is 3. The van der Waals surface area contributed by atoms with E-state index in [0.717, 1.165) is 41.9 Å². The van der Waals surface area contributed by atoms with Crippen LogP contribution in [0.2, 0.25) is 0 Å². The number of hydrogen-bond donors (Lipinski definition) is 5. The van der Waals surface area contributed by atoms with Gasteiger partial charge in [-0.3, -0.25) is 43.4 Å². The van der Waals surface area contributed by atoms with Gasteiger partial charge in [-0.15, -0.1) is 11.3 Å². The second kappa shape index (κ2) is 20.9. The number of rotatable bonds is 14. The Morgan fingerprint density at radius 3 is 2.56 bits per heavy atom. The minimum atomic E-state index is -5.84. The molecular formula is C51H55F2N6O11PS. The summed E-state index contributed by atoms with van der Waals surface area (Å²) in [5.74, 6) is 3.93. The molecule has 17 nitrogen and oxygen atoms in total. The number of amides is 7. The van der Waals surface area contributed by atoms with E-state index in [9.17, 15) is 56.7 Å². The zero-order valence-corrected chi connectivity index (χ0v) is 41.6. The van der Waals surface area contributed by atoms with E-state index >= 15 is 0 Å². The molecule has 7 amide bonds. The zero-order chi connectivity index (χ0) is 51.7. The molecule has 2 fully saturated rings. The lowest BCUT2D eigenvalue weighted by Gasteiger charge is -2.36. The highest BCUT2D eigenvalue weighted by Crippen LogP contribution is 2.59. The molecule has 4 aliphatic rings. The summed E-state index contributed by atoms with van der Waals surface area (Å²) in [6, 6.07) is 12.2. The second-order valence-electron chi connectivity index (χ2n) is 19.4. The van der Waals surface area contributed by atoms with E-state index in [1.165, 1.54) is 26.8 Å². The average molecular weight is 1030 g/mol. The topological polar surface area (TPSA) is 232 Å². The van der Waals surface area contributed by atoms with Crippen molar-refractivity contribution in [2.24, 2.45) is 5.41 Å². The molecule has 0 radical (unpaired) electrons. The van der Waals surface area contributed by atoms with Crippen LogP contribution in [0.4, 0.5) is 14.5 Å². The van der Waals surface area contributed by atoms with Gasteiger partial charge >= 0.3 is 13.3 Å². The number of ether oxygens (including phenoxy) is 1. The van der Waals surface area contributed by atoms with Crippen molar-refractivity contribution in [1.82, 2.24) is 25.8 Å². The number of unbranched alkanes of at least 4 members (excludes halogenated alkanes) is 1. The molecule has 0 spiro atoms. The summed E-state index contributed by atoms with van der Waals surface area (Å²) in [4.78, 5) is 117. The van der Waals surface area contributed by atoms with E-state index in [1.54, 1.807) is 45.0 Å². The highest BCUT2D eigenvalue weighted by molar-refractivity contribution is 7.52. The molecule has 3 aromatic carbocycles. The molecule has 8 rings (SSSR count).